The van der Waals surface area contributed by atoms with Gasteiger partial charge >= 0.3 is 8.80 Å². The molecule has 0 amide bonds. The molecule has 0 radical (unpaired) electrons. The van der Waals surface area contributed by atoms with Crippen LogP contribution in [0.1, 0.15) is 55.2 Å². The number of unbranched alkanes of at least 4 members (excludes halogenated alkanes) is 5. The van der Waals surface area contributed by atoms with Crippen molar-refractivity contribution in [2.45, 2.75) is 65.3 Å². The van der Waals surface area contributed by atoms with Gasteiger partial charge in [-0.15, -0.1) is 0 Å². The largest absolute Gasteiger partial charge is 1.00 e. The molecule has 0 aliphatic carbocycles. The molecule has 248 valence electrons. The summed E-state index contributed by atoms with van der Waals surface area (Å²) >= 11 is 0. The van der Waals surface area contributed by atoms with Crippen molar-refractivity contribution in [1.29, 1.82) is 0 Å². The second-order valence-electron chi connectivity index (χ2n) is 11.8. The number of hydrogen-bond donors (Lipinski definition) is 1. The summed E-state index contributed by atoms with van der Waals surface area (Å²) in [5.41, 5.74) is 3.65. The molecule has 46 heavy (non-hydrogen) atoms. The average Bonchev–Trinajstić information content (AvgIpc) is 3.06. The van der Waals surface area contributed by atoms with Gasteiger partial charge in [0.25, 0.3) is 0 Å². The summed E-state index contributed by atoms with van der Waals surface area (Å²) in [6.45, 7) is 7.00. The maximum atomic E-state index is 10.9. The minimum absolute atomic E-state index is 0. The Kier molecular flexibility index (Phi) is 15.0. The van der Waals surface area contributed by atoms with E-state index in [0.717, 1.165) is 55.6 Å². The summed E-state index contributed by atoms with van der Waals surface area (Å²) in [4.78, 5) is 0. The molecule has 8 heteroatoms. The molecule has 0 spiro atoms. The SMILES string of the molecule is CO[Si](CCCCCCCCOc1ccc(O)cc1[P+](c1ccc(C)cc1)(c1ccc(C)cc1)c1ccc(C)cc1)(OC)OC.[Br-]. The second-order valence-corrected chi connectivity index (χ2v) is 18.3. The van der Waals surface area contributed by atoms with Gasteiger partial charge in [-0.1, -0.05) is 78.8 Å². The van der Waals surface area contributed by atoms with Crippen molar-refractivity contribution < 1.29 is 40.1 Å². The highest BCUT2D eigenvalue weighted by Gasteiger charge is 2.50. The quantitative estimate of drug-likeness (QED) is 0.0986. The Morgan fingerprint density at radius 2 is 0.978 bits per heavy atom. The minimum atomic E-state index is -2.48. The molecular weight excluding hydrogens is 675 g/mol. The lowest BCUT2D eigenvalue weighted by Crippen LogP contribution is -3.00. The molecule has 4 aromatic carbocycles. The average molecular weight is 726 g/mol. The minimum Gasteiger partial charge on any atom is -1.00 e. The van der Waals surface area contributed by atoms with Crippen molar-refractivity contribution in [3.8, 4) is 11.5 Å². The molecule has 1 N–H and O–H groups in total. The van der Waals surface area contributed by atoms with E-state index in [1.807, 2.05) is 12.1 Å². The zero-order chi connectivity index (χ0) is 32.3. The van der Waals surface area contributed by atoms with Crippen LogP contribution in [0.15, 0.2) is 91.0 Å². The molecule has 0 atom stereocenters. The van der Waals surface area contributed by atoms with Crippen molar-refractivity contribution in [2.24, 2.45) is 0 Å². The third kappa shape index (κ3) is 9.09. The van der Waals surface area contributed by atoms with Gasteiger partial charge in [-0.25, -0.2) is 0 Å². The maximum absolute atomic E-state index is 10.9. The number of benzene rings is 4. The molecule has 4 aromatic rings. The summed E-state index contributed by atoms with van der Waals surface area (Å²) in [6, 6.07) is 33.2. The van der Waals surface area contributed by atoms with Crippen molar-refractivity contribution in [2.75, 3.05) is 27.9 Å². The predicted molar refractivity (Wildman–Crippen MR) is 192 cm³/mol. The monoisotopic (exact) mass is 724 g/mol. The van der Waals surface area contributed by atoms with Crippen molar-refractivity contribution >= 4 is 37.3 Å². The zero-order valence-corrected chi connectivity index (χ0v) is 31.7. The number of phenols is 1. The Hall–Kier alpha value is -2.51. The van der Waals surface area contributed by atoms with Crippen molar-refractivity contribution in [1.82, 2.24) is 0 Å². The van der Waals surface area contributed by atoms with Crippen LogP contribution in [0.2, 0.25) is 6.04 Å². The van der Waals surface area contributed by atoms with Crippen LogP contribution in [-0.4, -0.2) is 41.8 Å². The molecule has 4 rings (SSSR count). The Morgan fingerprint density at radius 3 is 1.41 bits per heavy atom. The highest BCUT2D eigenvalue weighted by atomic mass is 79.9. The molecule has 0 heterocycles. The summed E-state index contributed by atoms with van der Waals surface area (Å²) < 4.78 is 23.3. The van der Waals surface area contributed by atoms with E-state index in [-0.39, 0.29) is 22.7 Å². The van der Waals surface area contributed by atoms with Gasteiger partial charge in [-0.3, -0.25) is 0 Å². The van der Waals surface area contributed by atoms with Gasteiger partial charge in [-0.05, 0) is 82.1 Å². The lowest BCUT2D eigenvalue weighted by atomic mass is 10.1. The van der Waals surface area contributed by atoms with Crippen molar-refractivity contribution in [3.05, 3.63) is 108 Å². The fourth-order valence-electron chi connectivity index (χ4n) is 5.95. The Labute approximate surface area is 288 Å². The van der Waals surface area contributed by atoms with E-state index >= 15 is 0 Å². The van der Waals surface area contributed by atoms with Gasteiger partial charge < -0.3 is 40.1 Å². The van der Waals surface area contributed by atoms with Crippen LogP contribution in [0, 0.1) is 20.8 Å². The molecule has 0 aromatic heterocycles. The summed E-state index contributed by atoms with van der Waals surface area (Å²) in [5, 5.41) is 15.7. The van der Waals surface area contributed by atoms with Crippen LogP contribution < -0.4 is 42.9 Å². The van der Waals surface area contributed by atoms with Gasteiger partial charge in [0.05, 0.1) is 6.61 Å². The van der Waals surface area contributed by atoms with Crippen LogP contribution in [-0.2, 0) is 13.3 Å². The Morgan fingerprint density at radius 1 is 0.565 bits per heavy atom. The number of aromatic hydroxyl groups is 1. The smallest absolute Gasteiger partial charge is 0.500 e. The molecule has 0 fully saturated rings. The first kappa shape index (κ1) is 37.9. The van der Waals surface area contributed by atoms with E-state index in [2.05, 4.69) is 93.6 Å². The van der Waals surface area contributed by atoms with Gasteiger partial charge in [0.2, 0.25) is 0 Å². The number of halogens is 1. The summed E-state index contributed by atoms with van der Waals surface area (Å²) in [5.74, 6) is 1.08. The molecule has 5 nitrogen and oxygen atoms in total. The molecule has 0 unspecified atom stereocenters. The molecule has 0 bridgehead atoms. The van der Waals surface area contributed by atoms with Crippen LogP contribution in [0.5, 0.6) is 11.5 Å². The van der Waals surface area contributed by atoms with Crippen molar-refractivity contribution in [3.63, 3.8) is 0 Å². The van der Waals surface area contributed by atoms with Crippen LogP contribution in [0.3, 0.4) is 0 Å². The lowest BCUT2D eigenvalue weighted by molar-refractivity contribution is -0.0000152. The van der Waals surface area contributed by atoms with Gasteiger partial charge in [0, 0.05) is 33.4 Å². The summed E-state index contributed by atoms with van der Waals surface area (Å²) in [7, 11) is 0.104. The van der Waals surface area contributed by atoms with Gasteiger partial charge in [0.15, 0.2) is 11.1 Å². The number of phenolic OH excluding ortho intramolecular Hbond substituents is 1. The van der Waals surface area contributed by atoms with E-state index in [1.165, 1.54) is 32.6 Å². The van der Waals surface area contributed by atoms with Crippen LogP contribution in [0.25, 0.3) is 0 Å². The maximum Gasteiger partial charge on any atom is 0.500 e. The third-order valence-electron chi connectivity index (χ3n) is 8.64. The second kappa shape index (κ2) is 18.1. The fraction of sp³-hybridized carbons (Fsp3) is 0.368. The molecular formula is C38H50BrO5PSi. The molecule has 0 aliphatic rings. The van der Waals surface area contributed by atoms with Gasteiger partial charge in [-0.2, -0.15) is 0 Å². The zero-order valence-electron chi connectivity index (χ0n) is 28.2. The van der Waals surface area contributed by atoms with E-state index in [1.54, 1.807) is 27.4 Å². The topological polar surface area (TPSA) is 57.2 Å². The predicted octanol–water partition coefficient (Wildman–Crippen LogP) is 4.54. The highest BCUT2D eigenvalue weighted by Crippen LogP contribution is 2.56. The number of hydrogen-bond acceptors (Lipinski definition) is 5. The normalized spacial score (nSPS) is 11.7. The van der Waals surface area contributed by atoms with Gasteiger partial charge in [0.1, 0.15) is 28.9 Å². The summed E-state index contributed by atoms with van der Waals surface area (Å²) in [6.07, 6.45) is 6.55. The van der Waals surface area contributed by atoms with E-state index in [0.29, 0.717) is 6.61 Å². The van der Waals surface area contributed by atoms with E-state index in [9.17, 15) is 5.11 Å². The molecule has 0 aliphatic heterocycles. The molecule has 0 saturated carbocycles. The van der Waals surface area contributed by atoms with E-state index < -0.39 is 16.1 Å². The molecule has 0 saturated heterocycles. The lowest BCUT2D eigenvalue weighted by Gasteiger charge is -2.29. The number of aryl methyl sites for hydroxylation is 3. The Balaban J connectivity index is 0.00000576. The number of ether oxygens (including phenoxy) is 1. The fourth-order valence-corrected chi connectivity index (χ4v) is 12.1. The van der Waals surface area contributed by atoms with E-state index in [4.69, 9.17) is 18.0 Å². The van der Waals surface area contributed by atoms with Crippen LogP contribution in [0.4, 0.5) is 0 Å². The Bertz CT molecular complexity index is 1360. The standard InChI is InChI=1S/C38H49O5PSi.BrH/c1-30-13-20-34(21-14-30)44(35-22-15-31(2)16-23-35,36-24-17-32(3)18-25-36)38-29-33(39)19-26-37(38)43-27-11-9-7-8-10-12-28-45(40-4,41-5)42-6;/h13-26,29H,7-12,27-28H2,1-6H3;1H. The third-order valence-corrected chi connectivity index (χ3v) is 15.8. The number of rotatable bonds is 17. The van der Waals surface area contributed by atoms with Crippen LogP contribution >= 0.6 is 7.26 Å². The first-order chi connectivity index (χ1) is 21.8. The first-order valence-electron chi connectivity index (χ1n) is 16.0. The highest BCUT2D eigenvalue weighted by molar-refractivity contribution is 8.01. The first-order valence-corrected chi connectivity index (χ1v) is 19.7.